The summed E-state index contributed by atoms with van der Waals surface area (Å²) in [5, 5.41) is 16.0. The van der Waals surface area contributed by atoms with E-state index in [9.17, 15) is 9.59 Å². The molecule has 0 aromatic heterocycles. The van der Waals surface area contributed by atoms with Crippen molar-refractivity contribution in [2.45, 2.75) is 0 Å². The molecule has 3 aromatic carbocycles. The van der Waals surface area contributed by atoms with Gasteiger partial charge in [0.25, 0.3) is 5.91 Å². The summed E-state index contributed by atoms with van der Waals surface area (Å²) < 4.78 is 6.47. The van der Waals surface area contributed by atoms with Crippen LogP contribution in [0.4, 0.5) is 11.4 Å². The SMILES string of the molecule is O=C(COc1ccc(Br)cc1/C=N/Nc1cccc(C(=O)O)c1)Nc1ccccc1. The smallest absolute Gasteiger partial charge is 0.335 e. The van der Waals surface area contributed by atoms with Crippen molar-refractivity contribution in [1.82, 2.24) is 0 Å². The van der Waals surface area contributed by atoms with Crippen molar-refractivity contribution in [3.05, 3.63) is 88.4 Å². The third-order valence-corrected chi connectivity index (χ3v) is 4.39. The maximum Gasteiger partial charge on any atom is 0.335 e. The second-order valence-electron chi connectivity index (χ2n) is 6.14. The highest BCUT2D eigenvalue weighted by Gasteiger charge is 2.08. The number of hydrogen-bond donors (Lipinski definition) is 3. The number of carbonyl (C=O) groups is 2. The number of para-hydroxylation sites is 1. The zero-order chi connectivity index (χ0) is 21.3. The molecule has 7 nitrogen and oxygen atoms in total. The van der Waals surface area contributed by atoms with E-state index >= 15 is 0 Å². The average molecular weight is 468 g/mol. The zero-order valence-electron chi connectivity index (χ0n) is 15.7. The molecule has 0 spiro atoms. The first-order chi connectivity index (χ1) is 14.5. The molecule has 0 aliphatic rings. The molecule has 0 aliphatic heterocycles. The molecule has 0 saturated heterocycles. The van der Waals surface area contributed by atoms with Crippen LogP contribution in [0.5, 0.6) is 5.75 Å². The molecule has 0 bridgehead atoms. The maximum atomic E-state index is 12.1. The van der Waals surface area contributed by atoms with Crippen LogP contribution in [-0.4, -0.2) is 29.8 Å². The van der Waals surface area contributed by atoms with Gasteiger partial charge in [0.15, 0.2) is 6.61 Å². The fourth-order valence-electron chi connectivity index (χ4n) is 2.51. The molecule has 152 valence electrons. The summed E-state index contributed by atoms with van der Waals surface area (Å²) in [7, 11) is 0. The number of amides is 1. The second kappa shape index (κ2) is 10.2. The Morgan fingerprint density at radius 1 is 1.00 bits per heavy atom. The number of ether oxygens (including phenoxy) is 1. The number of nitrogens with one attached hydrogen (secondary N) is 2. The molecule has 0 radical (unpaired) electrons. The Labute approximate surface area is 181 Å². The van der Waals surface area contributed by atoms with E-state index < -0.39 is 5.97 Å². The van der Waals surface area contributed by atoms with Crippen molar-refractivity contribution in [2.75, 3.05) is 17.3 Å². The number of rotatable bonds is 8. The van der Waals surface area contributed by atoms with E-state index in [1.165, 1.54) is 18.3 Å². The van der Waals surface area contributed by atoms with E-state index in [1.807, 2.05) is 18.2 Å². The van der Waals surface area contributed by atoms with Crippen LogP contribution < -0.4 is 15.5 Å². The fraction of sp³-hybridized carbons (Fsp3) is 0.0455. The normalized spacial score (nSPS) is 10.6. The molecular formula is C22H18BrN3O4. The van der Waals surface area contributed by atoms with Gasteiger partial charge in [0.2, 0.25) is 0 Å². The number of anilines is 2. The predicted molar refractivity (Wildman–Crippen MR) is 119 cm³/mol. The highest BCUT2D eigenvalue weighted by molar-refractivity contribution is 9.10. The summed E-state index contributed by atoms with van der Waals surface area (Å²) in [6.07, 6.45) is 1.53. The van der Waals surface area contributed by atoms with Crippen molar-refractivity contribution in [2.24, 2.45) is 5.10 Å². The van der Waals surface area contributed by atoms with E-state index in [4.69, 9.17) is 9.84 Å². The Balaban J connectivity index is 1.64. The molecule has 0 heterocycles. The zero-order valence-corrected chi connectivity index (χ0v) is 17.3. The van der Waals surface area contributed by atoms with Gasteiger partial charge in [-0.05, 0) is 48.5 Å². The van der Waals surface area contributed by atoms with Gasteiger partial charge in [0, 0.05) is 15.7 Å². The second-order valence-corrected chi connectivity index (χ2v) is 7.06. The van der Waals surface area contributed by atoms with Crippen molar-refractivity contribution >= 4 is 45.4 Å². The molecule has 0 aliphatic carbocycles. The molecule has 8 heteroatoms. The van der Waals surface area contributed by atoms with Gasteiger partial charge in [-0.25, -0.2) is 4.79 Å². The van der Waals surface area contributed by atoms with Crippen LogP contribution in [-0.2, 0) is 4.79 Å². The molecule has 3 N–H and O–H groups in total. The van der Waals surface area contributed by atoms with Gasteiger partial charge in [-0.1, -0.05) is 40.2 Å². The molecule has 0 fully saturated rings. The molecule has 0 saturated carbocycles. The lowest BCUT2D eigenvalue weighted by molar-refractivity contribution is -0.118. The van der Waals surface area contributed by atoms with E-state index in [0.29, 0.717) is 22.7 Å². The van der Waals surface area contributed by atoms with Gasteiger partial charge in [-0.3, -0.25) is 10.2 Å². The Kier molecular flexibility index (Phi) is 7.18. The van der Waals surface area contributed by atoms with Crippen LogP contribution in [0.15, 0.2) is 82.4 Å². The lowest BCUT2D eigenvalue weighted by Gasteiger charge is -2.10. The minimum atomic E-state index is -1.01. The standard InChI is InChI=1S/C22H18BrN3O4/c23-17-9-10-20(30-14-21(27)25-18-6-2-1-3-7-18)16(11-17)13-24-26-19-8-4-5-15(12-19)22(28)29/h1-13,26H,14H2,(H,25,27)(H,28,29)/b24-13+. The predicted octanol–water partition coefficient (Wildman–Crippen LogP) is 4.61. The van der Waals surface area contributed by atoms with Gasteiger partial charge >= 0.3 is 5.97 Å². The lowest BCUT2D eigenvalue weighted by atomic mass is 10.2. The Morgan fingerprint density at radius 2 is 1.77 bits per heavy atom. The van der Waals surface area contributed by atoms with Crippen molar-refractivity contribution < 1.29 is 19.4 Å². The molecule has 0 unspecified atom stereocenters. The van der Waals surface area contributed by atoms with Crippen LogP contribution in [0, 0.1) is 0 Å². The van der Waals surface area contributed by atoms with E-state index in [2.05, 4.69) is 31.8 Å². The van der Waals surface area contributed by atoms with Crippen LogP contribution >= 0.6 is 15.9 Å². The summed E-state index contributed by atoms with van der Waals surface area (Å²) in [4.78, 5) is 23.2. The number of carbonyl (C=O) groups excluding carboxylic acids is 1. The summed E-state index contributed by atoms with van der Waals surface area (Å²) in [5.74, 6) is -0.819. The van der Waals surface area contributed by atoms with Gasteiger partial charge in [-0.15, -0.1) is 0 Å². The van der Waals surface area contributed by atoms with E-state index in [-0.39, 0.29) is 18.1 Å². The lowest BCUT2D eigenvalue weighted by Crippen LogP contribution is -2.20. The number of carboxylic acids is 1. The molecule has 1 amide bonds. The number of halogens is 1. The fourth-order valence-corrected chi connectivity index (χ4v) is 2.89. The molecular weight excluding hydrogens is 450 g/mol. The monoisotopic (exact) mass is 467 g/mol. The summed E-state index contributed by atoms with van der Waals surface area (Å²) in [6.45, 7) is -0.161. The first-order valence-corrected chi connectivity index (χ1v) is 9.70. The highest BCUT2D eigenvalue weighted by atomic mass is 79.9. The molecule has 0 atom stereocenters. The molecule has 3 aromatic rings. The van der Waals surface area contributed by atoms with Gasteiger partial charge < -0.3 is 15.2 Å². The maximum absolute atomic E-state index is 12.1. The highest BCUT2D eigenvalue weighted by Crippen LogP contribution is 2.22. The average Bonchev–Trinajstić information content (AvgIpc) is 2.74. The van der Waals surface area contributed by atoms with Gasteiger partial charge in [0.05, 0.1) is 17.5 Å². The molecule has 3 rings (SSSR count). The minimum Gasteiger partial charge on any atom is -0.483 e. The number of carboxylic acid groups (broad SMARTS) is 1. The van der Waals surface area contributed by atoms with Gasteiger partial charge in [0.1, 0.15) is 5.75 Å². The number of nitrogens with zero attached hydrogens (tertiary/aromatic N) is 1. The number of hydrogen-bond acceptors (Lipinski definition) is 5. The quantitative estimate of drug-likeness (QED) is 0.331. The Hall–Kier alpha value is -3.65. The first-order valence-electron chi connectivity index (χ1n) is 8.91. The van der Waals surface area contributed by atoms with E-state index in [0.717, 1.165) is 4.47 Å². The first kappa shape index (κ1) is 21.1. The minimum absolute atomic E-state index is 0.158. The number of hydrazone groups is 1. The molecule has 30 heavy (non-hydrogen) atoms. The third kappa shape index (κ3) is 6.18. The van der Waals surface area contributed by atoms with Crippen LogP contribution in [0.1, 0.15) is 15.9 Å². The topological polar surface area (TPSA) is 100 Å². The Morgan fingerprint density at radius 3 is 2.53 bits per heavy atom. The largest absolute Gasteiger partial charge is 0.483 e. The van der Waals surface area contributed by atoms with E-state index in [1.54, 1.807) is 42.5 Å². The van der Waals surface area contributed by atoms with Crippen LogP contribution in [0.25, 0.3) is 0 Å². The van der Waals surface area contributed by atoms with Crippen molar-refractivity contribution in [3.63, 3.8) is 0 Å². The summed E-state index contributed by atoms with van der Waals surface area (Å²) >= 11 is 3.40. The third-order valence-electron chi connectivity index (χ3n) is 3.89. The van der Waals surface area contributed by atoms with Gasteiger partial charge in [-0.2, -0.15) is 5.10 Å². The number of benzene rings is 3. The van der Waals surface area contributed by atoms with Crippen molar-refractivity contribution in [1.29, 1.82) is 0 Å². The summed E-state index contributed by atoms with van der Waals surface area (Å²) in [5.41, 5.74) is 4.81. The van der Waals surface area contributed by atoms with Crippen LogP contribution in [0.3, 0.4) is 0 Å². The Bertz CT molecular complexity index is 1070. The van der Waals surface area contributed by atoms with Crippen LogP contribution in [0.2, 0.25) is 0 Å². The number of aromatic carboxylic acids is 1. The van der Waals surface area contributed by atoms with Crippen molar-refractivity contribution in [3.8, 4) is 5.75 Å². The summed E-state index contributed by atoms with van der Waals surface area (Å²) in [6, 6.07) is 20.7.